The standard InChI is InChI=1S/C23H32N2/c1-20(2)24-17-14-23(15-18-24)25(19-22-11-7-4-8-12-22)16-13-21-9-5-3-6-10-21/h3-12,20,23H,13-19H2,1-2H3. The average molecular weight is 337 g/mol. The van der Waals surface area contributed by atoms with Crippen LogP contribution in [0.5, 0.6) is 0 Å². The number of hydrogen-bond acceptors (Lipinski definition) is 2. The molecule has 2 nitrogen and oxygen atoms in total. The number of likely N-dealkylation sites (tertiary alicyclic amines) is 1. The third-order valence-corrected chi connectivity index (χ3v) is 5.50. The van der Waals surface area contributed by atoms with Crippen LogP contribution < -0.4 is 0 Å². The van der Waals surface area contributed by atoms with Crippen LogP contribution in [0, 0.1) is 0 Å². The van der Waals surface area contributed by atoms with Gasteiger partial charge in [-0.3, -0.25) is 4.90 Å². The lowest BCUT2D eigenvalue weighted by Crippen LogP contribution is -2.47. The molecule has 1 heterocycles. The largest absolute Gasteiger partial charge is 0.301 e. The van der Waals surface area contributed by atoms with E-state index >= 15 is 0 Å². The highest BCUT2D eigenvalue weighted by atomic mass is 15.2. The Labute approximate surface area is 153 Å². The van der Waals surface area contributed by atoms with Gasteiger partial charge in [0.05, 0.1) is 0 Å². The van der Waals surface area contributed by atoms with Gasteiger partial charge in [-0.1, -0.05) is 60.7 Å². The Morgan fingerprint density at radius 2 is 1.44 bits per heavy atom. The first-order chi connectivity index (χ1) is 12.2. The monoisotopic (exact) mass is 336 g/mol. The Balaban J connectivity index is 1.64. The number of nitrogens with zero attached hydrogens (tertiary/aromatic N) is 2. The highest BCUT2D eigenvalue weighted by Gasteiger charge is 2.25. The second-order valence-corrected chi connectivity index (χ2v) is 7.55. The summed E-state index contributed by atoms with van der Waals surface area (Å²) in [7, 11) is 0. The zero-order valence-electron chi connectivity index (χ0n) is 15.8. The highest BCUT2D eigenvalue weighted by Crippen LogP contribution is 2.21. The van der Waals surface area contributed by atoms with Crippen molar-refractivity contribution >= 4 is 0 Å². The highest BCUT2D eigenvalue weighted by molar-refractivity contribution is 5.16. The molecule has 0 bridgehead atoms. The van der Waals surface area contributed by atoms with Crippen molar-refractivity contribution in [2.75, 3.05) is 19.6 Å². The predicted octanol–water partition coefficient (Wildman–Crippen LogP) is 4.60. The summed E-state index contributed by atoms with van der Waals surface area (Å²) in [6.07, 6.45) is 3.72. The number of hydrogen-bond donors (Lipinski definition) is 0. The molecule has 134 valence electrons. The van der Waals surface area contributed by atoms with Gasteiger partial charge in [-0.2, -0.15) is 0 Å². The van der Waals surface area contributed by atoms with Crippen LogP contribution in [0.4, 0.5) is 0 Å². The van der Waals surface area contributed by atoms with Crippen LogP contribution in [-0.2, 0) is 13.0 Å². The molecule has 1 fully saturated rings. The summed E-state index contributed by atoms with van der Waals surface area (Å²) in [5.74, 6) is 0. The summed E-state index contributed by atoms with van der Waals surface area (Å²) in [5, 5.41) is 0. The Morgan fingerprint density at radius 3 is 2.00 bits per heavy atom. The molecule has 0 amide bonds. The quantitative estimate of drug-likeness (QED) is 0.729. The van der Waals surface area contributed by atoms with Gasteiger partial charge in [0.1, 0.15) is 0 Å². The van der Waals surface area contributed by atoms with Gasteiger partial charge in [0, 0.05) is 25.2 Å². The fourth-order valence-corrected chi connectivity index (χ4v) is 3.89. The van der Waals surface area contributed by atoms with Crippen LogP contribution in [0.2, 0.25) is 0 Å². The molecule has 0 spiro atoms. The lowest BCUT2D eigenvalue weighted by molar-refractivity contribution is 0.0879. The molecule has 2 aromatic rings. The van der Waals surface area contributed by atoms with Crippen molar-refractivity contribution in [3.63, 3.8) is 0 Å². The van der Waals surface area contributed by atoms with Gasteiger partial charge < -0.3 is 4.90 Å². The van der Waals surface area contributed by atoms with Crippen molar-refractivity contribution in [1.29, 1.82) is 0 Å². The maximum absolute atomic E-state index is 2.72. The van der Waals surface area contributed by atoms with E-state index in [0.717, 1.165) is 19.5 Å². The van der Waals surface area contributed by atoms with Crippen LogP contribution in [0.1, 0.15) is 37.8 Å². The van der Waals surface area contributed by atoms with Gasteiger partial charge in [-0.25, -0.2) is 0 Å². The molecule has 0 N–H and O–H groups in total. The number of benzene rings is 2. The molecule has 1 aliphatic heterocycles. The summed E-state index contributed by atoms with van der Waals surface area (Å²) in [4.78, 5) is 5.34. The molecule has 0 unspecified atom stereocenters. The molecule has 0 aliphatic carbocycles. The topological polar surface area (TPSA) is 6.48 Å². The van der Waals surface area contributed by atoms with E-state index in [2.05, 4.69) is 84.3 Å². The maximum atomic E-state index is 2.72. The molecule has 25 heavy (non-hydrogen) atoms. The van der Waals surface area contributed by atoms with Gasteiger partial charge in [0.2, 0.25) is 0 Å². The second-order valence-electron chi connectivity index (χ2n) is 7.55. The summed E-state index contributed by atoms with van der Waals surface area (Å²) in [6.45, 7) is 9.32. The van der Waals surface area contributed by atoms with Crippen molar-refractivity contribution in [3.8, 4) is 0 Å². The molecule has 0 radical (unpaired) electrons. The molecule has 2 heteroatoms. The van der Waals surface area contributed by atoms with Crippen LogP contribution in [-0.4, -0.2) is 41.5 Å². The van der Waals surface area contributed by atoms with Crippen LogP contribution in [0.15, 0.2) is 60.7 Å². The van der Waals surface area contributed by atoms with E-state index in [-0.39, 0.29) is 0 Å². The smallest absolute Gasteiger partial charge is 0.0236 e. The minimum Gasteiger partial charge on any atom is -0.301 e. The molecule has 2 aromatic carbocycles. The van der Waals surface area contributed by atoms with E-state index in [9.17, 15) is 0 Å². The zero-order chi connectivity index (χ0) is 17.5. The van der Waals surface area contributed by atoms with Crippen molar-refractivity contribution < 1.29 is 0 Å². The molecule has 1 saturated heterocycles. The molecule has 0 saturated carbocycles. The van der Waals surface area contributed by atoms with E-state index in [1.807, 2.05) is 0 Å². The first kappa shape index (κ1) is 18.2. The maximum Gasteiger partial charge on any atom is 0.0236 e. The Bertz CT molecular complexity index is 601. The van der Waals surface area contributed by atoms with E-state index in [1.165, 1.54) is 37.1 Å². The van der Waals surface area contributed by atoms with Crippen molar-refractivity contribution in [2.24, 2.45) is 0 Å². The minimum atomic E-state index is 0.674. The van der Waals surface area contributed by atoms with E-state index in [0.29, 0.717) is 12.1 Å². The van der Waals surface area contributed by atoms with Crippen molar-refractivity contribution in [1.82, 2.24) is 9.80 Å². The zero-order valence-corrected chi connectivity index (χ0v) is 15.8. The van der Waals surface area contributed by atoms with Crippen molar-refractivity contribution in [2.45, 2.75) is 51.7 Å². The third kappa shape index (κ3) is 5.42. The molecule has 1 aliphatic rings. The molecule has 0 aromatic heterocycles. The average Bonchev–Trinajstić information content (AvgIpc) is 2.67. The lowest BCUT2D eigenvalue weighted by atomic mass is 10.00. The SMILES string of the molecule is CC(C)N1CCC(N(CCc2ccccc2)Cc2ccccc2)CC1. The Hall–Kier alpha value is -1.64. The van der Waals surface area contributed by atoms with Gasteiger partial charge >= 0.3 is 0 Å². The van der Waals surface area contributed by atoms with E-state index in [4.69, 9.17) is 0 Å². The Morgan fingerprint density at radius 1 is 0.880 bits per heavy atom. The predicted molar refractivity (Wildman–Crippen MR) is 107 cm³/mol. The lowest BCUT2D eigenvalue weighted by Gasteiger charge is -2.40. The fraction of sp³-hybridized carbons (Fsp3) is 0.478. The van der Waals surface area contributed by atoms with Gasteiger partial charge in [0.25, 0.3) is 0 Å². The van der Waals surface area contributed by atoms with E-state index < -0.39 is 0 Å². The van der Waals surface area contributed by atoms with Gasteiger partial charge in [-0.05, 0) is 57.3 Å². The first-order valence-corrected chi connectivity index (χ1v) is 9.78. The molecular weight excluding hydrogens is 304 g/mol. The van der Waals surface area contributed by atoms with Gasteiger partial charge in [-0.15, -0.1) is 0 Å². The summed E-state index contributed by atoms with van der Waals surface area (Å²) >= 11 is 0. The summed E-state index contributed by atoms with van der Waals surface area (Å²) in [6, 6.07) is 23.2. The molecule has 3 rings (SSSR count). The normalized spacial score (nSPS) is 16.6. The number of piperidine rings is 1. The summed E-state index contributed by atoms with van der Waals surface area (Å²) < 4.78 is 0. The minimum absolute atomic E-state index is 0.674. The first-order valence-electron chi connectivity index (χ1n) is 9.78. The van der Waals surface area contributed by atoms with E-state index in [1.54, 1.807) is 0 Å². The van der Waals surface area contributed by atoms with Gasteiger partial charge in [0.15, 0.2) is 0 Å². The molecule has 0 atom stereocenters. The van der Waals surface area contributed by atoms with Crippen LogP contribution >= 0.6 is 0 Å². The fourth-order valence-electron chi connectivity index (χ4n) is 3.89. The van der Waals surface area contributed by atoms with Crippen LogP contribution in [0.3, 0.4) is 0 Å². The third-order valence-electron chi connectivity index (χ3n) is 5.50. The Kier molecular flexibility index (Phi) is 6.66. The second kappa shape index (κ2) is 9.17. The number of rotatable bonds is 7. The molecular formula is C23H32N2. The van der Waals surface area contributed by atoms with Crippen LogP contribution in [0.25, 0.3) is 0 Å². The van der Waals surface area contributed by atoms with Crippen molar-refractivity contribution in [3.05, 3.63) is 71.8 Å². The summed E-state index contributed by atoms with van der Waals surface area (Å²) in [5.41, 5.74) is 2.88.